The summed E-state index contributed by atoms with van der Waals surface area (Å²) in [6.45, 7) is 4.10. The third kappa shape index (κ3) is 3.33. The van der Waals surface area contributed by atoms with Crippen LogP contribution < -0.4 is 0 Å². The lowest BCUT2D eigenvalue weighted by molar-refractivity contribution is -0.187. The zero-order chi connectivity index (χ0) is 24.3. The summed E-state index contributed by atoms with van der Waals surface area (Å²) < 4.78 is 6.26. The molecule has 0 spiro atoms. The van der Waals surface area contributed by atoms with Gasteiger partial charge >= 0.3 is 5.97 Å². The number of ketones is 2. The first-order valence-corrected chi connectivity index (χ1v) is 13.4. The van der Waals surface area contributed by atoms with E-state index in [2.05, 4.69) is 6.92 Å². The Bertz CT molecular complexity index is 1020. The van der Waals surface area contributed by atoms with Gasteiger partial charge in [-0.1, -0.05) is 43.4 Å². The summed E-state index contributed by atoms with van der Waals surface area (Å²) in [7, 11) is 0. The van der Waals surface area contributed by atoms with E-state index < -0.39 is 22.5 Å². The first kappa shape index (κ1) is 24.0. The fraction of sp³-hybridized carbons (Fsp3) is 0.679. The summed E-state index contributed by atoms with van der Waals surface area (Å²) in [6.07, 6.45) is 12.2. The number of allylic oxidation sites excluding steroid dienone is 5. The summed E-state index contributed by atoms with van der Waals surface area (Å²) in [6, 6.07) is 0. The Morgan fingerprint density at radius 1 is 1.15 bits per heavy atom. The number of halogens is 1. The molecule has 5 aliphatic rings. The summed E-state index contributed by atoms with van der Waals surface area (Å²) in [5, 5.41) is 11.6. The maximum atomic E-state index is 13.4. The number of carbonyl (C=O) groups excluding carboxylic acids is 3. The van der Waals surface area contributed by atoms with Crippen LogP contribution in [0.25, 0.3) is 0 Å². The van der Waals surface area contributed by atoms with E-state index in [1.54, 1.807) is 12.2 Å². The maximum absolute atomic E-state index is 13.4. The summed E-state index contributed by atoms with van der Waals surface area (Å²) >= 11 is 6.12. The highest BCUT2D eigenvalue weighted by Gasteiger charge is 2.67. The molecule has 5 aliphatic carbocycles. The van der Waals surface area contributed by atoms with E-state index in [0.29, 0.717) is 12.8 Å². The zero-order valence-electron chi connectivity index (χ0n) is 20.2. The molecule has 1 N–H and O–H groups in total. The number of aliphatic hydroxyl groups is 1. The van der Waals surface area contributed by atoms with Crippen molar-refractivity contribution in [1.82, 2.24) is 0 Å². The van der Waals surface area contributed by atoms with Crippen LogP contribution in [-0.2, 0) is 19.1 Å². The van der Waals surface area contributed by atoms with Gasteiger partial charge in [0.1, 0.15) is 0 Å². The number of rotatable bonds is 4. The van der Waals surface area contributed by atoms with Crippen LogP contribution in [0.5, 0.6) is 0 Å². The van der Waals surface area contributed by atoms with E-state index in [4.69, 9.17) is 16.3 Å². The molecule has 0 aliphatic heterocycles. The minimum Gasteiger partial charge on any atom is -0.450 e. The molecular weight excluding hydrogens is 452 g/mol. The number of carbonyl (C=O) groups is 3. The lowest BCUT2D eigenvalue weighted by Gasteiger charge is -2.54. The van der Waals surface area contributed by atoms with Crippen molar-refractivity contribution in [2.75, 3.05) is 5.88 Å². The third-order valence-electron chi connectivity index (χ3n) is 9.77. The fourth-order valence-electron chi connectivity index (χ4n) is 7.97. The SMILES string of the molecule is C[C@]12C=CC(=O)C=C1CCC1=C2C(O)C[C@@]2(C)[C@H]1CC[C@]2(OC(=O)C1CCCCC1)C(=O)CCl. The van der Waals surface area contributed by atoms with Crippen LogP contribution in [0.1, 0.15) is 78.1 Å². The number of esters is 1. The third-order valence-corrected chi connectivity index (χ3v) is 10.0. The Balaban J connectivity index is 1.55. The van der Waals surface area contributed by atoms with E-state index in [0.717, 1.165) is 62.5 Å². The number of alkyl halides is 1. The van der Waals surface area contributed by atoms with E-state index in [9.17, 15) is 19.5 Å². The molecular formula is C28H35ClO5. The topological polar surface area (TPSA) is 80.7 Å². The van der Waals surface area contributed by atoms with Gasteiger partial charge in [0.2, 0.25) is 0 Å². The van der Waals surface area contributed by atoms with Gasteiger partial charge in [-0.25, -0.2) is 0 Å². The van der Waals surface area contributed by atoms with Crippen molar-refractivity contribution in [2.24, 2.45) is 22.7 Å². The number of hydrogen-bond donors (Lipinski definition) is 1. The molecule has 0 bridgehead atoms. The van der Waals surface area contributed by atoms with Crippen molar-refractivity contribution in [2.45, 2.75) is 89.8 Å². The van der Waals surface area contributed by atoms with Gasteiger partial charge in [0.15, 0.2) is 17.2 Å². The van der Waals surface area contributed by atoms with E-state index in [-0.39, 0.29) is 35.3 Å². The van der Waals surface area contributed by atoms with Gasteiger partial charge in [-0.2, -0.15) is 0 Å². The number of aliphatic hydroxyl groups excluding tert-OH is 1. The van der Waals surface area contributed by atoms with Crippen molar-refractivity contribution in [1.29, 1.82) is 0 Å². The molecule has 5 atom stereocenters. The summed E-state index contributed by atoms with van der Waals surface area (Å²) in [5.41, 5.74) is 0.701. The fourth-order valence-corrected chi connectivity index (χ4v) is 8.18. The van der Waals surface area contributed by atoms with Crippen molar-refractivity contribution in [3.8, 4) is 0 Å². The van der Waals surface area contributed by atoms with Crippen LogP contribution in [0.2, 0.25) is 0 Å². The molecule has 5 nitrogen and oxygen atoms in total. The minimum absolute atomic E-state index is 0.00567. The van der Waals surface area contributed by atoms with E-state index in [1.807, 2.05) is 13.0 Å². The second-order valence-electron chi connectivity index (χ2n) is 11.4. The standard InChI is InChI=1S/C28H35ClO5/c1-26-12-10-19(30)14-18(26)8-9-20-21-11-13-28(23(32)16-29,27(21,2)15-22(31)24(20)26)34-25(33)17-6-4-3-5-7-17/h10,12,14,17,21-22,31H,3-9,11,13,15-16H2,1-2H3/t21-,22?,26-,27-,28-/m0/s1. The van der Waals surface area contributed by atoms with Crippen molar-refractivity contribution in [3.63, 3.8) is 0 Å². The maximum Gasteiger partial charge on any atom is 0.309 e. The smallest absolute Gasteiger partial charge is 0.309 e. The van der Waals surface area contributed by atoms with Crippen LogP contribution in [0.4, 0.5) is 0 Å². The molecule has 34 heavy (non-hydrogen) atoms. The van der Waals surface area contributed by atoms with Gasteiger partial charge in [0.25, 0.3) is 0 Å². The highest BCUT2D eigenvalue weighted by atomic mass is 35.5. The monoisotopic (exact) mass is 486 g/mol. The van der Waals surface area contributed by atoms with Gasteiger partial charge < -0.3 is 9.84 Å². The second-order valence-corrected chi connectivity index (χ2v) is 11.7. The van der Waals surface area contributed by atoms with Crippen LogP contribution >= 0.6 is 11.6 Å². The molecule has 0 aromatic heterocycles. The molecule has 0 heterocycles. The molecule has 2 fully saturated rings. The average molecular weight is 487 g/mol. The Morgan fingerprint density at radius 2 is 1.88 bits per heavy atom. The number of ether oxygens (including phenoxy) is 1. The Kier molecular flexibility index (Phi) is 5.96. The first-order chi connectivity index (χ1) is 16.2. The zero-order valence-corrected chi connectivity index (χ0v) is 21.0. The molecule has 1 unspecified atom stereocenters. The first-order valence-electron chi connectivity index (χ1n) is 12.8. The lowest BCUT2D eigenvalue weighted by Crippen LogP contribution is -2.59. The highest BCUT2D eigenvalue weighted by Crippen LogP contribution is 2.65. The van der Waals surface area contributed by atoms with Crippen LogP contribution in [-0.4, -0.2) is 40.2 Å². The number of hydrogen-bond acceptors (Lipinski definition) is 5. The van der Waals surface area contributed by atoms with Gasteiger partial charge in [0.05, 0.1) is 17.9 Å². The van der Waals surface area contributed by atoms with Crippen molar-refractivity contribution < 1.29 is 24.2 Å². The second kappa shape index (κ2) is 8.44. The van der Waals surface area contributed by atoms with E-state index in [1.165, 1.54) is 5.57 Å². The van der Waals surface area contributed by atoms with E-state index >= 15 is 0 Å². The Hall–Kier alpha value is -1.72. The van der Waals surface area contributed by atoms with Crippen molar-refractivity contribution >= 4 is 29.1 Å². The molecule has 184 valence electrons. The molecule has 6 heteroatoms. The molecule has 2 saturated carbocycles. The lowest BCUT2D eigenvalue weighted by atomic mass is 9.52. The normalized spacial score (nSPS) is 39.8. The van der Waals surface area contributed by atoms with Crippen LogP contribution in [0.15, 0.2) is 34.9 Å². The Morgan fingerprint density at radius 3 is 2.59 bits per heavy atom. The molecule has 0 aromatic carbocycles. The predicted octanol–water partition coefficient (Wildman–Crippen LogP) is 5.00. The molecule has 0 radical (unpaired) electrons. The molecule has 0 amide bonds. The largest absolute Gasteiger partial charge is 0.450 e. The molecule has 0 aromatic rings. The molecule has 0 saturated heterocycles. The van der Waals surface area contributed by atoms with Gasteiger partial charge in [-0.3, -0.25) is 14.4 Å². The summed E-state index contributed by atoms with van der Waals surface area (Å²) in [5.74, 6) is -0.867. The quantitative estimate of drug-likeness (QED) is 0.343. The van der Waals surface area contributed by atoms with Gasteiger partial charge in [-0.05, 0) is 75.5 Å². The highest BCUT2D eigenvalue weighted by molar-refractivity contribution is 6.29. The number of Topliss-reactive ketones (excluding diaryl/α,β-unsaturated/α-hetero) is 1. The van der Waals surface area contributed by atoms with Gasteiger partial charge in [-0.15, -0.1) is 11.6 Å². The molecule has 5 rings (SSSR count). The van der Waals surface area contributed by atoms with Gasteiger partial charge in [0, 0.05) is 10.8 Å². The predicted molar refractivity (Wildman–Crippen MR) is 129 cm³/mol. The summed E-state index contributed by atoms with van der Waals surface area (Å²) in [4.78, 5) is 38.8. The Labute approximate surface area is 206 Å². The van der Waals surface area contributed by atoms with Crippen molar-refractivity contribution in [3.05, 3.63) is 34.9 Å². The number of fused-ring (bicyclic) bond motifs is 4. The van der Waals surface area contributed by atoms with Crippen LogP contribution in [0.3, 0.4) is 0 Å². The minimum atomic E-state index is -1.30. The average Bonchev–Trinajstić information content (AvgIpc) is 3.11. The van der Waals surface area contributed by atoms with Crippen LogP contribution in [0, 0.1) is 22.7 Å².